The van der Waals surface area contributed by atoms with Crippen LogP contribution in [0.4, 0.5) is 0 Å². The molecule has 2 nitrogen and oxygen atoms in total. The summed E-state index contributed by atoms with van der Waals surface area (Å²) in [6, 6.07) is 0. The molecule has 0 radical (unpaired) electrons. The van der Waals surface area contributed by atoms with Gasteiger partial charge in [0.15, 0.2) is 0 Å². The summed E-state index contributed by atoms with van der Waals surface area (Å²) >= 11 is 0. The molecule has 0 aromatic heterocycles. The molecule has 0 atom stereocenters. The van der Waals surface area contributed by atoms with E-state index in [0.29, 0.717) is 0 Å². The van der Waals surface area contributed by atoms with Crippen molar-refractivity contribution in [3.05, 3.63) is 12.7 Å². The number of quaternary nitrogens is 1. The molecule has 0 bridgehead atoms. The fourth-order valence-corrected chi connectivity index (χ4v) is 1.25. The zero-order valence-electron chi connectivity index (χ0n) is 9.71. The van der Waals surface area contributed by atoms with Crippen molar-refractivity contribution in [1.29, 1.82) is 0 Å². The molecule has 0 aliphatic heterocycles. The van der Waals surface area contributed by atoms with Gasteiger partial charge in [-0.25, -0.2) is 0 Å². The van der Waals surface area contributed by atoms with Gasteiger partial charge in [-0.05, 0) is 26.9 Å². The van der Waals surface area contributed by atoms with Gasteiger partial charge in [0.1, 0.15) is 0 Å². The van der Waals surface area contributed by atoms with Crippen molar-refractivity contribution in [1.82, 2.24) is 4.90 Å². The van der Waals surface area contributed by atoms with Gasteiger partial charge in [-0.2, -0.15) is 0 Å². The summed E-state index contributed by atoms with van der Waals surface area (Å²) in [6.45, 7) is 7.38. The zero-order chi connectivity index (χ0) is 10.3. The standard InChI is InChI=1S/C11H25N2/c1-6-7-8-10-13(4,5)11-9-12(2)3/h6H,1,7-11H2,2-5H3/q+1. The van der Waals surface area contributed by atoms with E-state index in [2.05, 4.69) is 39.7 Å². The van der Waals surface area contributed by atoms with E-state index in [1.807, 2.05) is 6.08 Å². The third-order valence-electron chi connectivity index (χ3n) is 2.32. The Labute approximate surface area is 83.4 Å². The van der Waals surface area contributed by atoms with Gasteiger partial charge in [-0.15, -0.1) is 6.58 Å². The van der Waals surface area contributed by atoms with Gasteiger partial charge in [0, 0.05) is 6.54 Å². The molecule has 78 valence electrons. The van der Waals surface area contributed by atoms with Crippen molar-refractivity contribution in [3.8, 4) is 0 Å². The van der Waals surface area contributed by atoms with Crippen molar-refractivity contribution in [2.24, 2.45) is 0 Å². The molecule has 0 unspecified atom stereocenters. The lowest BCUT2D eigenvalue weighted by Crippen LogP contribution is -2.44. The second-order valence-electron chi connectivity index (χ2n) is 4.62. The van der Waals surface area contributed by atoms with Gasteiger partial charge in [0.05, 0.1) is 27.2 Å². The Morgan fingerprint density at radius 2 is 1.85 bits per heavy atom. The van der Waals surface area contributed by atoms with E-state index in [1.54, 1.807) is 0 Å². The Kier molecular flexibility index (Phi) is 6.00. The van der Waals surface area contributed by atoms with Gasteiger partial charge in [0.25, 0.3) is 0 Å². The summed E-state index contributed by atoms with van der Waals surface area (Å²) in [5.74, 6) is 0. The second-order valence-corrected chi connectivity index (χ2v) is 4.62. The molecular weight excluding hydrogens is 160 g/mol. The number of hydrogen-bond donors (Lipinski definition) is 0. The number of unbranched alkanes of at least 4 members (excludes halogenated alkanes) is 1. The first-order chi connectivity index (χ1) is 5.98. The molecule has 0 spiro atoms. The van der Waals surface area contributed by atoms with Gasteiger partial charge in [-0.1, -0.05) is 6.08 Å². The van der Waals surface area contributed by atoms with Crippen molar-refractivity contribution < 1.29 is 4.48 Å². The van der Waals surface area contributed by atoms with Crippen LogP contribution in [0.3, 0.4) is 0 Å². The van der Waals surface area contributed by atoms with Gasteiger partial charge >= 0.3 is 0 Å². The highest BCUT2D eigenvalue weighted by Crippen LogP contribution is 2.01. The fraction of sp³-hybridized carbons (Fsp3) is 0.818. The summed E-state index contributed by atoms with van der Waals surface area (Å²) < 4.78 is 1.12. The summed E-state index contributed by atoms with van der Waals surface area (Å²) in [6.07, 6.45) is 4.40. The molecule has 2 heteroatoms. The SMILES string of the molecule is C=CCCC[N+](C)(C)CCN(C)C. The van der Waals surface area contributed by atoms with Gasteiger partial charge in [0.2, 0.25) is 0 Å². The molecule has 0 fully saturated rings. The molecule has 0 heterocycles. The maximum atomic E-state index is 3.74. The predicted octanol–water partition coefficient (Wildman–Crippen LogP) is 1.59. The maximum Gasteiger partial charge on any atom is 0.0911 e. The second kappa shape index (κ2) is 6.17. The van der Waals surface area contributed by atoms with E-state index in [4.69, 9.17) is 0 Å². The van der Waals surface area contributed by atoms with E-state index in [0.717, 1.165) is 10.9 Å². The predicted molar refractivity (Wildman–Crippen MR) is 59.8 cm³/mol. The van der Waals surface area contributed by atoms with Crippen LogP contribution in [-0.4, -0.2) is 57.2 Å². The molecule has 0 rings (SSSR count). The van der Waals surface area contributed by atoms with Gasteiger partial charge < -0.3 is 9.38 Å². The Bertz CT molecular complexity index is 139. The average molecular weight is 185 g/mol. The molecule has 0 amide bonds. The fourth-order valence-electron chi connectivity index (χ4n) is 1.25. The number of allylic oxidation sites excluding steroid dienone is 1. The van der Waals surface area contributed by atoms with E-state index < -0.39 is 0 Å². The van der Waals surface area contributed by atoms with Crippen LogP contribution in [0.1, 0.15) is 12.8 Å². The van der Waals surface area contributed by atoms with Crippen LogP contribution in [0, 0.1) is 0 Å². The minimum atomic E-state index is 1.12. The Morgan fingerprint density at radius 1 is 1.23 bits per heavy atom. The molecule has 0 aliphatic rings. The van der Waals surface area contributed by atoms with Crippen LogP contribution >= 0.6 is 0 Å². The monoisotopic (exact) mass is 185 g/mol. The normalized spacial score (nSPS) is 12.1. The first-order valence-corrected chi connectivity index (χ1v) is 5.05. The number of nitrogens with zero attached hydrogens (tertiary/aromatic N) is 2. The lowest BCUT2D eigenvalue weighted by molar-refractivity contribution is -0.889. The summed E-state index contributed by atoms with van der Waals surface area (Å²) in [7, 11) is 8.85. The quantitative estimate of drug-likeness (QED) is 0.331. The molecule has 0 aliphatic carbocycles. The minimum Gasteiger partial charge on any atom is -0.327 e. The van der Waals surface area contributed by atoms with Crippen LogP contribution in [0.25, 0.3) is 0 Å². The topological polar surface area (TPSA) is 3.24 Å². The number of likely N-dealkylation sites (N-methyl/N-ethyl adjacent to an activating group) is 2. The van der Waals surface area contributed by atoms with Crippen LogP contribution in [0.15, 0.2) is 12.7 Å². The largest absolute Gasteiger partial charge is 0.327 e. The van der Waals surface area contributed by atoms with Crippen molar-refractivity contribution >= 4 is 0 Å². The van der Waals surface area contributed by atoms with E-state index in [1.165, 1.54) is 26.1 Å². The third kappa shape index (κ3) is 8.00. The van der Waals surface area contributed by atoms with Crippen LogP contribution in [0.2, 0.25) is 0 Å². The Morgan fingerprint density at radius 3 is 2.31 bits per heavy atom. The molecule has 0 saturated carbocycles. The lowest BCUT2D eigenvalue weighted by atomic mass is 10.2. The van der Waals surface area contributed by atoms with E-state index >= 15 is 0 Å². The minimum absolute atomic E-state index is 1.12. The van der Waals surface area contributed by atoms with E-state index in [-0.39, 0.29) is 0 Å². The highest BCUT2D eigenvalue weighted by molar-refractivity contribution is 4.65. The van der Waals surface area contributed by atoms with Crippen LogP contribution in [0.5, 0.6) is 0 Å². The summed E-state index contributed by atoms with van der Waals surface area (Å²) in [5, 5.41) is 0. The molecular formula is C11H25N2+. The smallest absolute Gasteiger partial charge is 0.0911 e. The van der Waals surface area contributed by atoms with Crippen molar-refractivity contribution in [2.75, 3.05) is 47.8 Å². The highest BCUT2D eigenvalue weighted by atomic mass is 15.3. The first-order valence-electron chi connectivity index (χ1n) is 5.05. The molecule has 0 aromatic rings. The van der Waals surface area contributed by atoms with Crippen molar-refractivity contribution in [2.45, 2.75) is 12.8 Å². The summed E-state index contributed by atoms with van der Waals surface area (Å²) in [4.78, 5) is 2.24. The van der Waals surface area contributed by atoms with Gasteiger partial charge in [-0.3, -0.25) is 0 Å². The van der Waals surface area contributed by atoms with E-state index in [9.17, 15) is 0 Å². The molecule has 0 aromatic carbocycles. The highest BCUT2D eigenvalue weighted by Gasteiger charge is 2.13. The molecule has 13 heavy (non-hydrogen) atoms. The average Bonchev–Trinajstić information content (AvgIpc) is 2.02. The maximum absolute atomic E-state index is 3.74. The zero-order valence-corrected chi connectivity index (χ0v) is 9.71. The number of hydrogen-bond acceptors (Lipinski definition) is 1. The Balaban J connectivity index is 3.59. The Hall–Kier alpha value is -0.340. The van der Waals surface area contributed by atoms with Crippen LogP contribution < -0.4 is 0 Å². The third-order valence-corrected chi connectivity index (χ3v) is 2.32. The van der Waals surface area contributed by atoms with Crippen molar-refractivity contribution in [3.63, 3.8) is 0 Å². The summed E-state index contributed by atoms with van der Waals surface area (Å²) in [5.41, 5.74) is 0. The number of rotatable bonds is 7. The molecule has 0 saturated heterocycles. The first kappa shape index (κ1) is 12.7. The van der Waals surface area contributed by atoms with Crippen LogP contribution in [-0.2, 0) is 0 Å². The lowest BCUT2D eigenvalue weighted by Gasteiger charge is -2.30. The molecule has 0 N–H and O–H groups in total.